The van der Waals surface area contributed by atoms with Gasteiger partial charge in [-0.15, -0.1) is 0 Å². The van der Waals surface area contributed by atoms with Crippen molar-refractivity contribution >= 4 is 24.8 Å². The second-order valence-corrected chi connectivity index (χ2v) is 3.34. The second-order valence-electron chi connectivity index (χ2n) is 3.34. The molecule has 1 nitrogen and oxygen atoms in total. The van der Waals surface area contributed by atoms with Gasteiger partial charge in [-0.25, -0.2) is 0 Å². The van der Waals surface area contributed by atoms with Gasteiger partial charge in [-0.2, -0.15) is 0 Å². The van der Waals surface area contributed by atoms with Crippen molar-refractivity contribution in [1.29, 1.82) is 0 Å². The highest BCUT2D eigenvalue weighted by molar-refractivity contribution is 5.65. The van der Waals surface area contributed by atoms with E-state index >= 15 is 0 Å². The van der Waals surface area contributed by atoms with Crippen molar-refractivity contribution in [2.24, 2.45) is 0 Å². The molecule has 0 unspecified atom stereocenters. The van der Waals surface area contributed by atoms with Crippen LogP contribution in [0.4, 0.5) is 0 Å². The molecule has 0 aliphatic heterocycles. The Morgan fingerprint density at radius 2 is 1.94 bits per heavy atom. The minimum atomic E-state index is 0.900. The molecule has 0 saturated carbocycles. The lowest BCUT2D eigenvalue weighted by Crippen LogP contribution is -2.21. The molecule has 1 rings (SSSR count). The predicted molar refractivity (Wildman–Crippen MR) is 74.2 cm³/mol. The van der Waals surface area contributed by atoms with Crippen LogP contribution in [0.3, 0.4) is 0 Å². The maximum Gasteiger partial charge on any atom is 0.0458 e. The van der Waals surface area contributed by atoms with Gasteiger partial charge in [0.25, 0.3) is 0 Å². The van der Waals surface area contributed by atoms with Gasteiger partial charge < -0.3 is 4.98 Å². The Balaban J connectivity index is 3.52. The highest BCUT2D eigenvalue weighted by atomic mass is 14.7. The molecule has 0 spiro atoms. The molecule has 0 fully saturated rings. The molecule has 1 N–H and O–H groups in total. The largest absolute Gasteiger partial charge is 0.355 e. The van der Waals surface area contributed by atoms with Gasteiger partial charge >= 0.3 is 0 Å². The van der Waals surface area contributed by atoms with Gasteiger partial charge in [-0.05, 0) is 13.0 Å². The number of nitrogens with one attached hydrogen (secondary N) is 1. The molecule has 1 aromatic rings. The van der Waals surface area contributed by atoms with E-state index < -0.39 is 0 Å². The minimum Gasteiger partial charge on any atom is -0.355 e. The summed E-state index contributed by atoms with van der Waals surface area (Å²) in [7, 11) is 0. The molecule has 82 valence electrons. The predicted octanol–water partition coefficient (Wildman–Crippen LogP) is 2.62. The number of rotatable bonds is 4. The number of hydrogen-bond donors (Lipinski definition) is 1. The lowest BCUT2D eigenvalue weighted by Gasteiger charge is -1.90. The zero-order valence-corrected chi connectivity index (χ0v) is 9.66. The van der Waals surface area contributed by atoms with Crippen molar-refractivity contribution in [2.75, 3.05) is 0 Å². The van der Waals surface area contributed by atoms with E-state index in [1.54, 1.807) is 12.2 Å². The molecular formula is C15H17N. The zero-order valence-electron chi connectivity index (χ0n) is 9.66. The van der Waals surface area contributed by atoms with Gasteiger partial charge in [0.1, 0.15) is 0 Å². The monoisotopic (exact) mass is 211 g/mol. The van der Waals surface area contributed by atoms with Gasteiger partial charge in [0.2, 0.25) is 0 Å². The summed E-state index contributed by atoms with van der Waals surface area (Å²) < 4.78 is 0. The van der Waals surface area contributed by atoms with Crippen LogP contribution in [-0.2, 0) is 0 Å². The Labute approximate surface area is 96.5 Å². The Kier molecular flexibility index (Phi) is 4.34. The van der Waals surface area contributed by atoms with E-state index in [0.717, 1.165) is 21.8 Å². The van der Waals surface area contributed by atoms with Crippen molar-refractivity contribution < 1.29 is 0 Å². The lowest BCUT2D eigenvalue weighted by molar-refractivity contribution is 1.30. The SMILES string of the molecule is C=C/C=C\c1c(C=C)[nH]c(=C)/c1=C\C=C/C. The summed E-state index contributed by atoms with van der Waals surface area (Å²) >= 11 is 0. The normalized spacial score (nSPS) is 12.7. The molecule has 1 aromatic heterocycles. The van der Waals surface area contributed by atoms with E-state index in [4.69, 9.17) is 0 Å². The molecule has 0 aromatic carbocycles. The zero-order chi connectivity index (χ0) is 12.0. The summed E-state index contributed by atoms with van der Waals surface area (Å²) in [6.07, 6.45) is 13.5. The molecule has 0 bridgehead atoms. The third-order valence-electron chi connectivity index (χ3n) is 2.25. The number of H-pyrrole nitrogens is 1. The molecular weight excluding hydrogens is 194 g/mol. The number of allylic oxidation sites excluding steroid dienone is 4. The summed E-state index contributed by atoms with van der Waals surface area (Å²) in [5.41, 5.74) is 2.08. The molecule has 0 aliphatic carbocycles. The smallest absolute Gasteiger partial charge is 0.0458 e. The van der Waals surface area contributed by atoms with Crippen LogP contribution >= 0.6 is 0 Å². The summed E-state index contributed by atoms with van der Waals surface area (Å²) in [5, 5.41) is 1.99. The molecule has 0 saturated heterocycles. The van der Waals surface area contributed by atoms with E-state index in [-0.39, 0.29) is 0 Å². The van der Waals surface area contributed by atoms with E-state index in [2.05, 4.69) is 24.7 Å². The van der Waals surface area contributed by atoms with E-state index in [1.165, 1.54) is 0 Å². The maximum absolute atomic E-state index is 3.98. The van der Waals surface area contributed by atoms with Crippen LogP contribution in [0.15, 0.2) is 37.5 Å². The first-order valence-corrected chi connectivity index (χ1v) is 5.20. The van der Waals surface area contributed by atoms with E-state index in [9.17, 15) is 0 Å². The fourth-order valence-electron chi connectivity index (χ4n) is 1.49. The molecule has 0 amide bonds. The van der Waals surface area contributed by atoms with E-state index in [0.29, 0.717) is 0 Å². The van der Waals surface area contributed by atoms with Gasteiger partial charge in [0.15, 0.2) is 0 Å². The highest BCUT2D eigenvalue weighted by Crippen LogP contribution is 2.03. The fourth-order valence-corrected chi connectivity index (χ4v) is 1.49. The maximum atomic E-state index is 3.98. The molecule has 1 heteroatoms. The van der Waals surface area contributed by atoms with Gasteiger partial charge in [0, 0.05) is 21.8 Å². The molecule has 0 aliphatic rings. The molecule has 0 atom stereocenters. The second kappa shape index (κ2) is 5.76. The Hall–Kier alpha value is -2.02. The first-order valence-electron chi connectivity index (χ1n) is 5.20. The van der Waals surface area contributed by atoms with Crippen LogP contribution in [0.25, 0.3) is 24.8 Å². The van der Waals surface area contributed by atoms with Crippen molar-refractivity contribution in [3.8, 4) is 0 Å². The van der Waals surface area contributed by atoms with Gasteiger partial charge in [-0.1, -0.05) is 56.2 Å². The van der Waals surface area contributed by atoms with Crippen molar-refractivity contribution in [3.05, 3.63) is 59.3 Å². The van der Waals surface area contributed by atoms with E-state index in [1.807, 2.05) is 37.3 Å². The van der Waals surface area contributed by atoms with Crippen LogP contribution in [0.5, 0.6) is 0 Å². The summed E-state index contributed by atoms with van der Waals surface area (Å²) in [4.78, 5) is 3.20. The van der Waals surface area contributed by atoms with Crippen molar-refractivity contribution in [1.82, 2.24) is 4.98 Å². The minimum absolute atomic E-state index is 0.900. The van der Waals surface area contributed by atoms with Crippen LogP contribution in [0.2, 0.25) is 0 Å². The standard InChI is InChI=1S/C15H17N/c1-5-8-10-13-12(4)16-15(7-3)14(13)11-9-6-2/h5-11,16H,2-4H2,1H3/b8-5-,11-9-,13-10+. The average Bonchev–Trinajstić information content (AvgIpc) is 2.60. The number of aromatic nitrogens is 1. The Bertz CT molecular complexity index is 539. The summed E-state index contributed by atoms with van der Waals surface area (Å²) in [6.45, 7) is 13.4. The first kappa shape index (κ1) is 12.1. The van der Waals surface area contributed by atoms with Gasteiger partial charge in [0.05, 0.1) is 0 Å². The highest BCUT2D eigenvalue weighted by Gasteiger charge is 2.00. The van der Waals surface area contributed by atoms with Crippen LogP contribution in [-0.4, -0.2) is 4.98 Å². The quantitative estimate of drug-likeness (QED) is 0.737. The average molecular weight is 211 g/mol. The Morgan fingerprint density at radius 3 is 2.50 bits per heavy atom. The summed E-state index contributed by atoms with van der Waals surface area (Å²) in [5.74, 6) is 0. The van der Waals surface area contributed by atoms with Crippen LogP contribution in [0.1, 0.15) is 18.2 Å². The van der Waals surface area contributed by atoms with Crippen molar-refractivity contribution in [2.45, 2.75) is 6.92 Å². The third-order valence-corrected chi connectivity index (χ3v) is 2.25. The first-order chi connectivity index (χ1) is 7.74. The third kappa shape index (κ3) is 2.51. The van der Waals surface area contributed by atoms with Gasteiger partial charge in [-0.3, -0.25) is 0 Å². The number of aromatic amines is 1. The number of hydrogen-bond acceptors (Lipinski definition) is 0. The van der Waals surface area contributed by atoms with Crippen molar-refractivity contribution in [3.63, 3.8) is 0 Å². The lowest BCUT2D eigenvalue weighted by atomic mass is 10.1. The molecule has 1 heterocycles. The molecule has 0 radical (unpaired) electrons. The topological polar surface area (TPSA) is 15.8 Å². The Morgan fingerprint density at radius 1 is 1.19 bits per heavy atom. The summed E-state index contributed by atoms with van der Waals surface area (Å²) in [6, 6.07) is 0. The van der Waals surface area contributed by atoms with Crippen LogP contribution < -0.4 is 10.6 Å². The molecule has 16 heavy (non-hydrogen) atoms. The van der Waals surface area contributed by atoms with Crippen LogP contribution in [0, 0.1) is 0 Å². The fraction of sp³-hybridized carbons (Fsp3) is 0.0667.